The number of anilines is 1. The Labute approximate surface area is 157 Å². The van der Waals surface area contributed by atoms with Gasteiger partial charge in [-0.1, -0.05) is 11.6 Å². The summed E-state index contributed by atoms with van der Waals surface area (Å²) in [4.78, 5) is 16.4. The van der Waals surface area contributed by atoms with Crippen molar-refractivity contribution in [3.8, 4) is 0 Å². The van der Waals surface area contributed by atoms with Crippen LogP contribution in [0.25, 0.3) is 0 Å². The highest BCUT2D eigenvalue weighted by Crippen LogP contribution is 2.31. The average molecular weight is 377 g/mol. The lowest BCUT2D eigenvalue weighted by Gasteiger charge is -2.29. The largest absolute Gasteiger partial charge is 0.437 e. The van der Waals surface area contributed by atoms with Crippen LogP contribution in [0.1, 0.15) is 5.56 Å². The van der Waals surface area contributed by atoms with Gasteiger partial charge in [0.2, 0.25) is 0 Å². The number of rotatable bonds is 3. The monoisotopic (exact) mass is 376 g/mol. The molecule has 1 atom stereocenters. The predicted octanol–water partition coefficient (Wildman–Crippen LogP) is 2.30. The van der Waals surface area contributed by atoms with Gasteiger partial charge in [0.05, 0.1) is 26.0 Å². The molecule has 0 bridgehead atoms. The maximum atomic E-state index is 12.5. The third-order valence-electron chi connectivity index (χ3n) is 4.70. The van der Waals surface area contributed by atoms with Gasteiger partial charge in [-0.3, -0.25) is 14.5 Å². The minimum Gasteiger partial charge on any atom is -0.437 e. The van der Waals surface area contributed by atoms with Crippen LogP contribution < -0.4 is 4.90 Å². The van der Waals surface area contributed by atoms with E-state index in [-0.39, 0.29) is 6.09 Å². The van der Waals surface area contributed by atoms with Gasteiger partial charge in [-0.25, -0.2) is 4.79 Å². The highest BCUT2D eigenvalue weighted by Gasteiger charge is 2.48. The quantitative estimate of drug-likeness (QED) is 0.822. The molecule has 0 aliphatic carbocycles. The third-order valence-corrected chi connectivity index (χ3v) is 4.95. The smallest absolute Gasteiger partial charge is 0.415 e. The molecule has 1 amide bonds. The second kappa shape index (κ2) is 6.90. The first-order valence-electron chi connectivity index (χ1n) is 8.57. The maximum absolute atomic E-state index is 12.5. The summed E-state index contributed by atoms with van der Waals surface area (Å²) in [7, 11) is 1.90. The van der Waals surface area contributed by atoms with E-state index in [1.807, 2.05) is 31.6 Å². The summed E-state index contributed by atoms with van der Waals surface area (Å²) >= 11 is 5.95. The summed E-state index contributed by atoms with van der Waals surface area (Å²) in [5, 5.41) is 4.86. The van der Waals surface area contributed by atoms with Crippen molar-refractivity contribution in [1.82, 2.24) is 14.7 Å². The highest BCUT2D eigenvalue weighted by atomic mass is 35.5. The molecule has 1 aromatic heterocycles. The van der Waals surface area contributed by atoms with Crippen LogP contribution in [-0.4, -0.2) is 59.2 Å². The van der Waals surface area contributed by atoms with E-state index in [9.17, 15) is 4.79 Å². The number of carbonyl (C=O) groups excluding carboxylic acids is 1. The molecule has 3 heterocycles. The van der Waals surface area contributed by atoms with Gasteiger partial charge in [0.15, 0.2) is 5.60 Å². The second-order valence-corrected chi connectivity index (χ2v) is 7.34. The minimum atomic E-state index is -0.671. The molecule has 26 heavy (non-hydrogen) atoms. The molecular formula is C18H21ClN4O3. The van der Waals surface area contributed by atoms with Crippen LogP contribution in [0.3, 0.4) is 0 Å². The van der Waals surface area contributed by atoms with E-state index < -0.39 is 5.60 Å². The Morgan fingerprint density at radius 3 is 2.81 bits per heavy atom. The first kappa shape index (κ1) is 17.3. The minimum absolute atomic E-state index is 0.348. The van der Waals surface area contributed by atoms with E-state index in [4.69, 9.17) is 21.1 Å². The first-order chi connectivity index (χ1) is 12.5. The van der Waals surface area contributed by atoms with E-state index in [2.05, 4.69) is 10.00 Å². The van der Waals surface area contributed by atoms with Gasteiger partial charge in [0, 0.05) is 49.2 Å². The molecule has 0 saturated carbocycles. The molecule has 8 heteroatoms. The van der Waals surface area contributed by atoms with Crippen LogP contribution in [-0.2, 0) is 23.1 Å². The fourth-order valence-electron chi connectivity index (χ4n) is 3.53. The Bertz CT molecular complexity index is 794. The molecule has 2 aliphatic heterocycles. The van der Waals surface area contributed by atoms with E-state index in [0.29, 0.717) is 31.3 Å². The molecule has 2 saturated heterocycles. The average Bonchev–Trinajstić information content (AvgIpc) is 3.08. The van der Waals surface area contributed by atoms with Crippen molar-refractivity contribution in [3.05, 3.63) is 47.2 Å². The number of carbonyl (C=O) groups is 1. The van der Waals surface area contributed by atoms with Crippen LogP contribution >= 0.6 is 11.6 Å². The first-order valence-corrected chi connectivity index (χ1v) is 8.95. The maximum Gasteiger partial charge on any atom is 0.415 e. The van der Waals surface area contributed by atoms with Crippen molar-refractivity contribution >= 4 is 23.4 Å². The molecule has 7 nitrogen and oxygen atoms in total. The number of aromatic nitrogens is 2. The molecule has 2 fully saturated rings. The lowest BCUT2D eigenvalue weighted by atomic mass is 10.0. The lowest BCUT2D eigenvalue weighted by Crippen LogP contribution is -2.47. The molecule has 1 unspecified atom stereocenters. The highest BCUT2D eigenvalue weighted by molar-refractivity contribution is 6.30. The predicted molar refractivity (Wildman–Crippen MR) is 97.3 cm³/mol. The van der Waals surface area contributed by atoms with E-state index in [1.54, 1.807) is 21.7 Å². The number of ether oxygens (including phenoxy) is 2. The number of aryl methyl sites for hydroxylation is 1. The Balaban J connectivity index is 1.51. The second-order valence-electron chi connectivity index (χ2n) is 6.90. The summed E-state index contributed by atoms with van der Waals surface area (Å²) in [6.45, 7) is 3.62. The van der Waals surface area contributed by atoms with Crippen molar-refractivity contribution in [2.24, 2.45) is 7.05 Å². The Kier molecular flexibility index (Phi) is 4.60. The van der Waals surface area contributed by atoms with Crippen molar-refractivity contribution < 1.29 is 14.3 Å². The third kappa shape index (κ3) is 3.56. The molecule has 1 aromatic carbocycles. The zero-order valence-electron chi connectivity index (χ0n) is 14.6. The molecular weight excluding hydrogens is 356 g/mol. The van der Waals surface area contributed by atoms with Crippen molar-refractivity contribution in [2.75, 3.05) is 37.7 Å². The number of hydrogen-bond acceptors (Lipinski definition) is 5. The summed E-state index contributed by atoms with van der Waals surface area (Å²) in [6, 6.07) is 7.20. The Hall–Kier alpha value is -2.09. The molecule has 0 N–H and O–H groups in total. The lowest BCUT2D eigenvalue weighted by molar-refractivity contribution is -0.0154. The fourth-order valence-corrected chi connectivity index (χ4v) is 3.66. The Morgan fingerprint density at radius 1 is 1.27 bits per heavy atom. The number of amides is 1. The van der Waals surface area contributed by atoms with Gasteiger partial charge in [0.1, 0.15) is 0 Å². The standard InChI is InChI=1S/C18H21ClN4O3/c1-21-9-14(8-20-21)10-22-6-7-25-13-18(11-22)12-23(17(24)26-18)16-4-2-15(19)3-5-16/h2-5,8-9H,6-7,10-13H2,1H3. The van der Waals surface area contributed by atoms with Crippen molar-refractivity contribution in [3.63, 3.8) is 0 Å². The molecule has 2 aliphatic rings. The number of benzene rings is 1. The molecule has 0 radical (unpaired) electrons. The van der Waals surface area contributed by atoms with Crippen LogP contribution in [0.5, 0.6) is 0 Å². The number of halogens is 1. The van der Waals surface area contributed by atoms with Crippen molar-refractivity contribution in [2.45, 2.75) is 12.1 Å². The topological polar surface area (TPSA) is 59.8 Å². The van der Waals surface area contributed by atoms with Gasteiger partial charge < -0.3 is 9.47 Å². The van der Waals surface area contributed by atoms with Crippen LogP contribution in [0.4, 0.5) is 10.5 Å². The van der Waals surface area contributed by atoms with Crippen molar-refractivity contribution in [1.29, 1.82) is 0 Å². The van der Waals surface area contributed by atoms with Gasteiger partial charge >= 0.3 is 6.09 Å². The summed E-state index contributed by atoms with van der Waals surface area (Å²) in [5.74, 6) is 0. The van der Waals surface area contributed by atoms with E-state index in [1.165, 1.54) is 0 Å². The number of hydrogen-bond donors (Lipinski definition) is 0. The Morgan fingerprint density at radius 2 is 2.08 bits per heavy atom. The molecule has 4 rings (SSSR count). The van der Waals surface area contributed by atoms with Gasteiger partial charge in [-0.05, 0) is 24.3 Å². The summed E-state index contributed by atoms with van der Waals surface area (Å²) < 4.78 is 13.4. The molecule has 2 aromatic rings. The van der Waals surface area contributed by atoms with E-state index in [0.717, 1.165) is 24.3 Å². The normalized spacial score (nSPS) is 24.1. The summed E-state index contributed by atoms with van der Waals surface area (Å²) in [5.41, 5.74) is 1.23. The van der Waals surface area contributed by atoms with Gasteiger partial charge in [0.25, 0.3) is 0 Å². The summed E-state index contributed by atoms with van der Waals surface area (Å²) in [6.07, 6.45) is 3.51. The zero-order chi connectivity index (χ0) is 18.1. The van der Waals surface area contributed by atoms with Gasteiger partial charge in [-0.15, -0.1) is 0 Å². The molecule has 138 valence electrons. The zero-order valence-corrected chi connectivity index (χ0v) is 15.4. The van der Waals surface area contributed by atoms with Crippen LogP contribution in [0.2, 0.25) is 5.02 Å². The molecule has 1 spiro atoms. The number of nitrogens with zero attached hydrogens (tertiary/aromatic N) is 4. The SMILES string of the molecule is Cn1cc(CN2CCOCC3(C2)CN(c2ccc(Cl)cc2)C(=O)O3)cn1. The van der Waals surface area contributed by atoms with E-state index >= 15 is 0 Å². The van der Waals surface area contributed by atoms with Crippen LogP contribution in [0.15, 0.2) is 36.7 Å². The van der Waals surface area contributed by atoms with Crippen LogP contribution in [0, 0.1) is 0 Å². The fraction of sp³-hybridized carbons (Fsp3) is 0.444. The van der Waals surface area contributed by atoms with Gasteiger partial charge in [-0.2, -0.15) is 5.10 Å².